The molecule has 0 aliphatic heterocycles. The number of halogens is 2. The van der Waals surface area contributed by atoms with Gasteiger partial charge in [0.25, 0.3) is 0 Å². The molecule has 2 aromatic rings. The van der Waals surface area contributed by atoms with Crippen LogP contribution in [0.25, 0.3) is 17.2 Å². The first-order chi connectivity index (χ1) is 10.8. The van der Waals surface area contributed by atoms with E-state index in [1.807, 2.05) is 0 Å². The molecule has 1 aliphatic carbocycles. The molecule has 0 fully saturated rings. The van der Waals surface area contributed by atoms with E-state index in [4.69, 9.17) is 0 Å². The molecule has 2 aromatic carbocycles. The third kappa shape index (κ3) is 4.49. The van der Waals surface area contributed by atoms with Gasteiger partial charge >= 0.3 is 156 Å². The predicted octanol–water partition coefficient (Wildman–Crippen LogP) is 7.14. The molecule has 1 unspecified atom stereocenters. The smallest absolute Gasteiger partial charge is 0.147 e. The zero-order valence-corrected chi connectivity index (χ0v) is 20.8. The van der Waals surface area contributed by atoms with E-state index in [2.05, 4.69) is 83.2 Å². The van der Waals surface area contributed by atoms with Crippen LogP contribution in [0.4, 0.5) is 0 Å². The zero-order valence-electron chi connectivity index (χ0n) is 15.6. The maximum absolute atomic E-state index is 2.46. The monoisotopic (exact) mass is 541 g/mol. The summed E-state index contributed by atoms with van der Waals surface area (Å²) >= 11 is 1.19. The van der Waals surface area contributed by atoms with Gasteiger partial charge in [-0.3, -0.25) is 0 Å². The number of allylic oxidation sites excluding steroid dienone is 1. The van der Waals surface area contributed by atoms with Crippen molar-refractivity contribution < 1.29 is 24.4 Å². The normalized spacial score (nSPS) is 15.9. The van der Waals surface area contributed by atoms with Crippen LogP contribution in [-0.4, -0.2) is 0 Å². The van der Waals surface area contributed by atoms with Gasteiger partial charge in [-0.25, -0.2) is 0 Å². The molecule has 25 heavy (non-hydrogen) atoms. The molecule has 1 atom stereocenters. The first-order valence-corrected chi connectivity index (χ1v) is 10.5. The van der Waals surface area contributed by atoms with E-state index in [0.717, 1.165) is 0 Å². The molecule has 0 saturated heterocycles. The van der Waals surface area contributed by atoms with Crippen molar-refractivity contribution in [2.75, 3.05) is 0 Å². The van der Waals surface area contributed by atoms with Crippen LogP contribution in [-0.2, 0) is 29.8 Å². The molecular formula is C22H27Cl2Hf. The molecule has 0 bridgehead atoms. The molecule has 0 nitrogen and oxygen atoms in total. The van der Waals surface area contributed by atoms with Gasteiger partial charge < -0.3 is 0 Å². The molecule has 133 valence electrons. The maximum Gasteiger partial charge on any atom is -0.147 e. The first kappa shape index (κ1) is 22.7. The first-order valence-electron chi connectivity index (χ1n) is 8.45. The van der Waals surface area contributed by atoms with Gasteiger partial charge in [0.15, 0.2) is 0 Å². The summed E-state index contributed by atoms with van der Waals surface area (Å²) in [7, 11) is 0. The van der Waals surface area contributed by atoms with E-state index in [1.165, 1.54) is 52.2 Å². The summed E-state index contributed by atoms with van der Waals surface area (Å²) in [4.78, 5) is 0. The summed E-state index contributed by atoms with van der Waals surface area (Å²) in [6.07, 6.45) is 2.46. The topological polar surface area (TPSA) is 0 Å². The average molecular weight is 541 g/mol. The van der Waals surface area contributed by atoms with Gasteiger partial charge in [0.05, 0.1) is 0 Å². The fraction of sp³-hybridized carbons (Fsp3) is 0.364. The van der Waals surface area contributed by atoms with E-state index in [-0.39, 0.29) is 30.2 Å². The molecule has 0 N–H and O–H groups in total. The summed E-state index contributed by atoms with van der Waals surface area (Å²) in [6, 6.07) is 16.0. The van der Waals surface area contributed by atoms with Gasteiger partial charge in [0, 0.05) is 0 Å². The second-order valence-corrected chi connectivity index (χ2v) is 9.94. The van der Waals surface area contributed by atoms with E-state index in [0.29, 0.717) is 9.59 Å². The Morgan fingerprint density at radius 1 is 0.920 bits per heavy atom. The van der Waals surface area contributed by atoms with Crippen molar-refractivity contribution in [3.8, 4) is 11.1 Å². The van der Waals surface area contributed by atoms with Crippen molar-refractivity contribution in [2.24, 2.45) is 5.92 Å². The van der Waals surface area contributed by atoms with Crippen LogP contribution in [0.5, 0.6) is 0 Å². The third-order valence-electron chi connectivity index (χ3n) is 4.82. The number of benzene rings is 2. The minimum absolute atomic E-state index is 0. The molecule has 0 heterocycles. The van der Waals surface area contributed by atoms with Gasteiger partial charge in [-0.2, -0.15) is 0 Å². The molecule has 0 amide bonds. The molecule has 0 radical (unpaired) electrons. The van der Waals surface area contributed by atoms with Crippen molar-refractivity contribution in [1.29, 1.82) is 0 Å². The van der Waals surface area contributed by atoms with E-state index >= 15 is 0 Å². The van der Waals surface area contributed by atoms with Crippen molar-refractivity contribution in [3.05, 3.63) is 64.7 Å². The SMILES string of the molecule is CC(C)C1=Cc2c(-c3ccc(C(C)(C)C)cc3)cccc2[CH]1[Hf].Cl.Cl. The molecule has 3 heteroatoms. The van der Waals surface area contributed by atoms with E-state index < -0.39 is 0 Å². The molecule has 0 saturated carbocycles. The minimum Gasteiger partial charge on any atom is -0.147 e. The predicted molar refractivity (Wildman–Crippen MR) is 111 cm³/mol. The quantitative estimate of drug-likeness (QED) is 0.355. The second-order valence-electron chi connectivity index (χ2n) is 7.87. The Morgan fingerprint density at radius 3 is 2.04 bits per heavy atom. The number of hydrogen-bond donors (Lipinski definition) is 0. The van der Waals surface area contributed by atoms with Crippen molar-refractivity contribution in [3.63, 3.8) is 0 Å². The average Bonchev–Trinajstić information content (AvgIpc) is 2.84. The summed E-state index contributed by atoms with van der Waals surface area (Å²) in [5.41, 5.74) is 8.95. The van der Waals surface area contributed by atoms with Crippen LogP contribution < -0.4 is 0 Å². The molecule has 3 rings (SSSR count). The Labute approximate surface area is 179 Å². The number of hydrogen-bond acceptors (Lipinski definition) is 0. The van der Waals surface area contributed by atoms with Gasteiger partial charge in [0.1, 0.15) is 0 Å². The Balaban J connectivity index is 0.00000156. The van der Waals surface area contributed by atoms with Gasteiger partial charge in [-0.05, 0) is 0 Å². The summed E-state index contributed by atoms with van der Waals surface area (Å²) in [5.74, 6) is 0.640. The van der Waals surface area contributed by atoms with Crippen LogP contribution in [0.1, 0.15) is 55.0 Å². The van der Waals surface area contributed by atoms with Gasteiger partial charge in [0.2, 0.25) is 0 Å². The molecule has 0 aromatic heterocycles. The third-order valence-corrected chi connectivity index (χ3v) is 7.14. The van der Waals surface area contributed by atoms with Crippen molar-refractivity contribution in [2.45, 2.75) is 43.7 Å². The van der Waals surface area contributed by atoms with Crippen LogP contribution in [0.2, 0.25) is 0 Å². The Bertz CT molecular complexity index is 753. The minimum atomic E-state index is 0. The number of rotatable bonds is 2. The fourth-order valence-electron chi connectivity index (χ4n) is 3.33. The zero-order chi connectivity index (χ0) is 16.8. The fourth-order valence-corrected chi connectivity index (χ4v) is 5.73. The van der Waals surface area contributed by atoms with Crippen LogP contribution in [0.3, 0.4) is 0 Å². The summed E-state index contributed by atoms with van der Waals surface area (Å²) < 4.78 is 0.679. The second kappa shape index (κ2) is 8.55. The summed E-state index contributed by atoms with van der Waals surface area (Å²) in [6.45, 7) is 11.4. The Kier molecular flexibility index (Phi) is 7.75. The van der Waals surface area contributed by atoms with Crippen LogP contribution >= 0.6 is 24.8 Å². The van der Waals surface area contributed by atoms with Gasteiger partial charge in [-0.1, -0.05) is 0 Å². The maximum atomic E-state index is 2.46. The van der Waals surface area contributed by atoms with Crippen LogP contribution in [0.15, 0.2) is 48.0 Å². The Hall–Kier alpha value is -0.370. The van der Waals surface area contributed by atoms with E-state index in [1.54, 1.807) is 5.57 Å². The molecule has 1 aliphatic rings. The Morgan fingerprint density at radius 2 is 1.52 bits per heavy atom. The van der Waals surface area contributed by atoms with E-state index in [9.17, 15) is 0 Å². The van der Waals surface area contributed by atoms with Crippen molar-refractivity contribution in [1.82, 2.24) is 0 Å². The number of fused-ring (bicyclic) bond motifs is 1. The molecule has 0 spiro atoms. The summed E-state index contributed by atoms with van der Waals surface area (Å²) in [5, 5.41) is 0. The van der Waals surface area contributed by atoms with Gasteiger partial charge in [-0.15, -0.1) is 24.8 Å². The standard InChI is InChI=1S/C22H25.2ClH.Hf/c1-15(2)18-13-17-7-6-8-20(21(17)14-18)16-9-11-19(12-10-16)22(3,4)5;;;/h6-15H,1-5H3;2*1H;. The molecular weight excluding hydrogens is 514 g/mol. The van der Waals surface area contributed by atoms with Crippen molar-refractivity contribution >= 4 is 30.9 Å². The van der Waals surface area contributed by atoms with Crippen LogP contribution in [0, 0.1) is 5.92 Å². The largest absolute Gasteiger partial charge is 0.147 e.